The highest BCUT2D eigenvalue weighted by atomic mass is 35.5. The molecule has 1 N–H and O–H groups in total. The van der Waals surface area contributed by atoms with Crippen molar-refractivity contribution in [3.8, 4) is 0 Å². The Kier molecular flexibility index (Phi) is 3.67. The first-order chi connectivity index (χ1) is 8.60. The van der Waals surface area contributed by atoms with E-state index in [0.717, 1.165) is 11.3 Å². The summed E-state index contributed by atoms with van der Waals surface area (Å²) in [5.41, 5.74) is 3.00. The Morgan fingerprint density at radius 1 is 1.50 bits per heavy atom. The first kappa shape index (κ1) is 12.6. The Labute approximate surface area is 111 Å². The molecule has 1 heterocycles. The predicted molar refractivity (Wildman–Crippen MR) is 71.9 cm³/mol. The van der Waals surface area contributed by atoms with Crippen molar-refractivity contribution in [3.05, 3.63) is 47.3 Å². The smallest absolute Gasteiger partial charge is 0.259 e. The maximum Gasteiger partial charge on any atom is 0.259 e. The summed E-state index contributed by atoms with van der Waals surface area (Å²) in [6, 6.07) is 7.47. The van der Waals surface area contributed by atoms with Gasteiger partial charge < -0.3 is 5.32 Å². The zero-order valence-corrected chi connectivity index (χ0v) is 11.0. The summed E-state index contributed by atoms with van der Waals surface area (Å²) >= 11 is 5.75. The monoisotopic (exact) mass is 263 g/mol. The van der Waals surface area contributed by atoms with Crippen LogP contribution in [0.2, 0.25) is 0 Å². The van der Waals surface area contributed by atoms with E-state index in [9.17, 15) is 4.79 Å². The summed E-state index contributed by atoms with van der Waals surface area (Å²) in [7, 11) is 1.79. The lowest BCUT2D eigenvalue weighted by Crippen LogP contribution is -2.12. The van der Waals surface area contributed by atoms with Crippen molar-refractivity contribution in [2.24, 2.45) is 7.05 Å². The molecule has 1 aromatic heterocycles. The van der Waals surface area contributed by atoms with Gasteiger partial charge in [0.1, 0.15) is 0 Å². The molecule has 4 nitrogen and oxygen atoms in total. The van der Waals surface area contributed by atoms with Crippen LogP contribution < -0.4 is 5.32 Å². The molecule has 18 heavy (non-hydrogen) atoms. The molecule has 5 heteroatoms. The summed E-state index contributed by atoms with van der Waals surface area (Å²) in [5.74, 6) is 0.266. The number of nitrogens with zero attached hydrogens (tertiary/aromatic N) is 2. The third-order valence-corrected chi connectivity index (χ3v) is 2.91. The van der Waals surface area contributed by atoms with Gasteiger partial charge in [-0.2, -0.15) is 5.10 Å². The highest BCUT2D eigenvalue weighted by molar-refractivity contribution is 6.17. The van der Waals surface area contributed by atoms with Gasteiger partial charge in [-0.1, -0.05) is 12.1 Å². The molecule has 0 aliphatic carbocycles. The third kappa shape index (κ3) is 2.71. The van der Waals surface area contributed by atoms with Crippen LogP contribution in [0.4, 0.5) is 5.69 Å². The Morgan fingerprint density at radius 3 is 2.89 bits per heavy atom. The second-order valence-electron chi connectivity index (χ2n) is 4.09. The van der Waals surface area contributed by atoms with Crippen LogP contribution in [0.25, 0.3) is 0 Å². The van der Waals surface area contributed by atoms with E-state index in [4.69, 9.17) is 11.6 Å². The van der Waals surface area contributed by atoms with E-state index in [2.05, 4.69) is 10.4 Å². The second kappa shape index (κ2) is 5.23. The molecule has 0 radical (unpaired) electrons. The number of amides is 1. The van der Waals surface area contributed by atoms with Gasteiger partial charge in [-0.15, -0.1) is 11.6 Å². The molecule has 1 amide bonds. The van der Waals surface area contributed by atoms with Crippen LogP contribution in [0.3, 0.4) is 0 Å². The summed E-state index contributed by atoms with van der Waals surface area (Å²) in [5, 5.41) is 6.98. The SMILES string of the molecule is Cc1nn(C)cc1C(=O)Nc1cccc(CCl)c1. The van der Waals surface area contributed by atoms with E-state index in [1.54, 1.807) is 17.9 Å². The van der Waals surface area contributed by atoms with Crippen LogP contribution in [-0.2, 0) is 12.9 Å². The van der Waals surface area contributed by atoms with Gasteiger partial charge in [-0.3, -0.25) is 9.48 Å². The van der Waals surface area contributed by atoms with E-state index in [0.29, 0.717) is 17.1 Å². The molecule has 0 fully saturated rings. The van der Waals surface area contributed by atoms with Gasteiger partial charge in [0, 0.05) is 24.8 Å². The second-order valence-corrected chi connectivity index (χ2v) is 4.36. The summed E-state index contributed by atoms with van der Waals surface area (Å²) < 4.78 is 1.62. The number of carbonyl (C=O) groups is 1. The number of benzene rings is 1. The molecule has 0 saturated heterocycles. The number of rotatable bonds is 3. The van der Waals surface area contributed by atoms with Crippen molar-refractivity contribution in [1.29, 1.82) is 0 Å². The molecule has 2 rings (SSSR count). The quantitative estimate of drug-likeness (QED) is 0.866. The van der Waals surface area contributed by atoms with Gasteiger partial charge in [0.2, 0.25) is 0 Å². The van der Waals surface area contributed by atoms with Crippen molar-refractivity contribution in [3.63, 3.8) is 0 Å². The van der Waals surface area contributed by atoms with E-state index in [-0.39, 0.29) is 5.91 Å². The molecule has 0 atom stereocenters. The number of alkyl halides is 1. The van der Waals surface area contributed by atoms with Crippen LogP contribution in [-0.4, -0.2) is 15.7 Å². The van der Waals surface area contributed by atoms with E-state index >= 15 is 0 Å². The van der Waals surface area contributed by atoms with E-state index in [1.165, 1.54) is 0 Å². The van der Waals surface area contributed by atoms with Gasteiger partial charge in [0.25, 0.3) is 5.91 Å². The molecule has 94 valence electrons. The normalized spacial score (nSPS) is 10.4. The number of aryl methyl sites for hydroxylation is 2. The number of carbonyl (C=O) groups excluding carboxylic acids is 1. The van der Waals surface area contributed by atoms with Gasteiger partial charge >= 0.3 is 0 Å². The summed E-state index contributed by atoms with van der Waals surface area (Å²) in [6.07, 6.45) is 1.70. The minimum Gasteiger partial charge on any atom is -0.322 e. The fraction of sp³-hybridized carbons (Fsp3) is 0.231. The molecule has 0 bridgehead atoms. The Hall–Kier alpha value is -1.81. The lowest BCUT2D eigenvalue weighted by Gasteiger charge is -2.05. The van der Waals surface area contributed by atoms with Crippen molar-refractivity contribution >= 4 is 23.2 Å². The highest BCUT2D eigenvalue weighted by Crippen LogP contribution is 2.14. The number of nitrogens with one attached hydrogen (secondary N) is 1. The zero-order chi connectivity index (χ0) is 13.1. The highest BCUT2D eigenvalue weighted by Gasteiger charge is 2.12. The van der Waals surface area contributed by atoms with Crippen molar-refractivity contribution in [2.75, 3.05) is 5.32 Å². The van der Waals surface area contributed by atoms with Crippen LogP contribution in [0.5, 0.6) is 0 Å². The Morgan fingerprint density at radius 2 is 2.28 bits per heavy atom. The van der Waals surface area contributed by atoms with Crippen molar-refractivity contribution in [2.45, 2.75) is 12.8 Å². The standard InChI is InChI=1S/C13H14ClN3O/c1-9-12(8-17(2)16-9)13(18)15-11-5-3-4-10(6-11)7-14/h3-6,8H,7H2,1-2H3,(H,15,18). The van der Waals surface area contributed by atoms with Crippen LogP contribution in [0, 0.1) is 6.92 Å². The van der Waals surface area contributed by atoms with Gasteiger partial charge in [0.05, 0.1) is 11.3 Å². The lowest BCUT2D eigenvalue weighted by molar-refractivity contribution is 0.102. The van der Waals surface area contributed by atoms with Crippen LogP contribution in [0.1, 0.15) is 21.6 Å². The molecular weight excluding hydrogens is 250 g/mol. The number of anilines is 1. The molecule has 0 aliphatic heterocycles. The third-order valence-electron chi connectivity index (χ3n) is 2.60. The van der Waals surface area contributed by atoms with Crippen LogP contribution in [0.15, 0.2) is 30.5 Å². The first-order valence-electron chi connectivity index (χ1n) is 5.56. The zero-order valence-electron chi connectivity index (χ0n) is 10.3. The fourth-order valence-electron chi connectivity index (χ4n) is 1.75. The molecule has 0 spiro atoms. The molecule has 0 aliphatic rings. The Bertz CT molecular complexity index is 577. The molecule has 2 aromatic rings. The average Bonchev–Trinajstić information content (AvgIpc) is 2.69. The fourth-order valence-corrected chi connectivity index (χ4v) is 1.92. The van der Waals surface area contributed by atoms with Gasteiger partial charge in [0.15, 0.2) is 0 Å². The largest absolute Gasteiger partial charge is 0.322 e. The minimum atomic E-state index is -0.160. The summed E-state index contributed by atoms with van der Waals surface area (Å²) in [4.78, 5) is 12.1. The minimum absolute atomic E-state index is 0.160. The van der Waals surface area contributed by atoms with E-state index < -0.39 is 0 Å². The molecular formula is C13H14ClN3O. The molecule has 0 saturated carbocycles. The molecule has 0 unspecified atom stereocenters. The number of aromatic nitrogens is 2. The maximum absolute atomic E-state index is 12.1. The maximum atomic E-state index is 12.1. The average molecular weight is 264 g/mol. The number of hydrogen-bond donors (Lipinski definition) is 1. The topological polar surface area (TPSA) is 46.9 Å². The van der Waals surface area contributed by atoms with Crippen molar-refractivity contribution < 1.29 is 4.79 Å². The van der Waals surface area contributed by atoms with Gasteiger partial charge in [-0.05, 0) is 24.6 Å². The van der Waals surface area contributed by atoms with Crippen LogP contribution >= 0.6 is 11.6 Å². The van der Waals surface area contributed by atoms with Crippen molar-refractivity contribution in [1.82, 2.24) is 9.78 Å². The van der Waals surface area contributed by atoms with Gasteiger partial charge in [-0.25, -0.2) is 0 Å². The first-order valence-corrected chi connectivity index (χ1v) is 6.10. The molecule has 1 aromatic carbocycles. The Balaban J connectivity index is 2.18. The number of hydrogen-bond acceptors (Lipinski definition) is 2. The van der Waals surface area contributed by atoms with E-state index in [1.807, 2.05) is 31.2 Å². The lowest BCUT2D eigenvalue weighted by atomic mass is 10.2. The summed E-state index contributed by atoms with van der Waals surface area (Å²) in [6.45, 7) is 1.81. The number of halogens is 1. The predicted octanol–water partition coefficient (Wildman–Crippen LogP) is 2.72.